The molecule has 1 aliphatic heterocycles. The lowest BCUT2D eigenvalue weighted by molar-refractivity contribution is 0.0902. The monoisotopic (exact) mass is 290 g/mol. The molecule has 0 amide bonds. The van der Waals surface area contributed by atoms with Crippen LogP contribution in [0.25, 0.3) is 0 Å². The highest BCUT2D eigenvalue weighted by Crippen LogP contribution is 2.20. The number of nitrogens with zero attached hydrogens (tertiary/aromatic N) is 1. The first-order chi connectivity index (χ1) is 10.3. The summed E-state index contributed by atoms with van der Waals surface area (Å²) >= 11 is 0. The van der Waals surface area contributed by atoms with Gasteiger partial charge in [-0.1, -0.05) is 25.0 Å². The van der Waals surface area contributed by atoms with Gasteiger partial charge in [0.25, 0.3) is 0 Å². The summed E-state index contributed by atoms with van der Waals surface area (Å²) in [4.78, 5) is 2.37. The van der Waals surface area contributed by atoms with Crippen molar-refractivity contribution >= 4 is 5.69 Å². The number of morpholine rings is 1. The number of aliphatic hydroxyl groups is 1. The first-order valence-electron chi connectivity index (χ1n) is 8.16. The molecule has 21 heavy (non-hydrogen) atoms. The van der Waals surface area contributed by atoms with Crippen molar-refractivity contribution in [2.75, 3.05) is 31.2 Å². The Morgan fingerprint density at radius 2 is 1.81 bits per heavy atom. The minimum Gasteiger partial charge on any atom is -0.392 e. The summed E-state index contributed by atoms with van der Waals surface area (Å²) in [5, 5.41) is 13.5. The molecule has 4 heteroatoms. The largest absolute Gasteiger partial charge is 0.392 e. The third-order valence-corrected chi connectivity index (χ3v) is 4.61. The van der Waals surface area contributed by atoms with E-state index in [1.165, 1.54) is 17.7 Å². The quantitative estimate of drug-likeness (QED) is 0.889. The van der Waals surface area contributed by atoms with E-state index < -0.39 is 0 Å². The zero-order valence-electron chi connectivity index (χ0n) is 12.6. The van der Waals surface area contributed by atoms with Crippen LogP contribution in [0.3, 0.4) is 0 Å². The summed E-state index contributed by atoms with van der Waals surface area (Å²) in [6.45, 7) is 4.44. The molecule has 116 valence electrons. The second-order valence-electron chi connectivity index (χ2n) is 6.11. The molecule has 0 radical (unpaired) electrons. The van der Waals surface area contributed by atoms with Crippen molar-refractivity contribution in [1.82, 2.24) is 5.32 Å². The molecule has 2 aliphatic rings. The van der Waals surface area contributed by atoms with Crippen LogP contribution < -0.4 is 10.2 Å². The maximum Gasteiger partial charge on any atom is 0.0693 e. The molecule has 1 heterocycles. The van der Waals surface area contributed by atoms with Crippen LogP contribution in [-0.4, -0.2) is 43.6 Å². The van der Waals surface area contributed by atoms with E-state index in [1.807, 2.05) is 0 Å². The summed E-state index contributed by atoms with van der Waals surface area (Å²) in [6.07, 6.45) is 4.24. The summed E-state index contributed by atoms with van der Waals surface area (Å²) < 4.78 is 5.39. The Morgan fingerprint density at radius 1 is 1.10 bits per heavy atom. The Hall–Kier alpha value is -1.10. The van der Waals surface area contributed by atoms with Crippen molar-refractivity contribution in [3.63, 3.8) is 0 Å². The SMILES string of the molecule is OC1CCCCC1NCc1ccc(N2CCOCC2)cc1. The van der Waals surface area contributed by atoms with Gasteiger partial charge in [0.2, 0.25) is 0 Å². The number of anilines is 1. The summed E-state index contributed by atoms with van der Waals surface area (Å²) in [6, 6.07) is 9.02. The van der Waals surface area contributed by atoms with E-state index in [2.05, 4.69) is 34.5 Å². The van der Waals surface area contributed by atoms with E-state index in [-0.39, 0.29) is 12.1 Å². The van der Waals surface area contributed by atoms with Gasteiger partial charge in [0, 0.05) is 31.4 Å². The second kappa shape index (κ2) is 7.25. The highest BCUT2D eigenvalue weighted by atomic mass is 16.5. The first kappa shape index (κ1) is 14.8. The molecule has 0 bridgehead atoms. The average Bonchev–Trinajstić information content (AvgIpc) is 2.55. The lowest BCUT2D eigenvalue weighted by Gasteiger charge is -2.29. The van der Waals surface area contributed by atoms with E-state index in [1.54, 1.807) is 0 Å². The summed E-state index contributed by atoms with van der Waals surface area (Å²) in [5.74, 6) is 0. The van der Waals surface area contributed by atoms with Gasteiger partial charge in [-0.15, -0.1) is 0 Å². The van der Waals surface area contributed by atoms with Gasteiger partial charge < -0.3 is 20.1 Å². The van der Waals surface area contributed by atoms with Crippen molar-refractivity contribution < 1.29 is 9.84 Å². The number of hydrogen-bond donors (Lipinski definition) is 2. The molecule has 4 nitrogen and oxygen atoms in total. The average molecular weight is 290 g/mol. The molecule has 2 fully saturated rings. The molecule has 1 aromatic carbocycles. The molecule has 1 aromatic rings. The zero-order chi connectivity index (χ0) is 14.5. The minimum absolute atomic E-state index is 0.175. The van der Waals surface area contributed by atoms with Crippen LogP contribution in [0.15, 0.2) is 24.3 Å². The highest BCUT2D eigenvalue weighted by molar-refractivity contribution is 5.47. The Balaban J connectivity index is 1.52. The van der Waals surface area contributed by atoms with E-state index >= 15 is 0 Å². The predicted octanol–water partition coefficient (Wildman–Crippen LogP) is 1.92. The third-order valence-electron chi connectivity index (χ3n) is 4.61. The van der Waals surface area contributed by atoms with Crippen LogP contribution in [0, 0.1) is 0 Å². The number of aliphatic hydroxyl groups excluding tert-OH is 1. The fourth-order valence-electron chi connectivity index (χ4n) is 3.24. The topological polar surface area (TPSA) is 44.7 Å². The van der Waals surface area contributed by atoms with Crippen LogP contribution in [-0.2, 0) is 11.3 Å². The zero-order valence-corrected chi connectivity index (χ0v) is 12.6. The van der Waals surface area contributed by atoms with Gasteiger partial charge in [-0.2, -0.15) is 0 Å². The van der Waals surface area contributed by atoms with Crippen LogP contribution in [0.1, 0.15) is 31.2 Å². The van der Waals surface area contributed by atoms with Crippen molar-refractivity contribution in [2.45, 2.75) is 44.4 Å². The van der Waals surface area contributed by atoms with Crippen molar-refractivity contribution in [2.24, 2.45) is 0 Å². The van der Waals surface area contributed by atoms with E-state index in [0.717, 1.165) is 52.1 Å². The maximum absolute atomic E-state index is 9.98. The smallest absolute Gasteiger partial charge is 0.0693 e. The predicted molar refractivity (Wildman–Crippen MR) is 84.6 cm³/mol. The lowest BCUT2D eigenvalue weighted by Crippen LogP contribution is -2.41. The third kappa shape index (κ3) is 3.96. The Labute approximate surface area is 127 Å². The lowest BCUT2D eigenvalue weighted by atomic mass is 9.92. The number of nitrogens with one attached hydrogen (secondary N) is 1. The Kier molecular flexibility index (Phi) is 5.12. The number of ether oxygens (including phenoxy) is 1. The van der Waals surface area contributed by atoms with Gasteiger partial charge in [-0.05, 0) is 30.5 Å². The number of benzene rings is 1. The van der Waals surface area contributed by atoms with Gasteiger partial charge in [-0.25, -0.2) is 0 Å². The Morgan fingerprint density at radius 3 is 2.52 bits per heavy atom. The molecule has 1 aliphatic carbocycles. The van der Waals surface area contributed by atoms with Crippen molar-refractivity contribution in [3.8, 4) is 0 Å². The molecule has 1 saturated carbocycles. The molecule has 2 N–H and O–H groups in total. The molecule has 3 rings (SSSR count). The summed E-state index contributed by atoms with van der Waals surface area (Å²) in [5.41, 5.74) is 2.56. The summed E-state index contributed by atoms with van der Waals surface area (Å²) in [7, 11) is 0. The van der Waals surface area contributed by atoms with Gasteiger partial charge in [0.05, 0.1) is 19.3 Å². The van der Waals surface area contributed by atoms with Gasteiger partial charge in [0.1, 0.15) is 0 Å². The van der Waals surface area contributed by atoms with E-state index in [4.69, 9.17) is 4.74 Å². The van der Waals surface area contributed by atoms with Crippen LogP contribution in [0.5, 0.6) is 0 Å². The van der Waals surface area contributed by atoms with Crippen LogP contribution in [0.4, 0.5) is 5.69 Å². The van der Waals surface area contributed by atoms with E-state index in [9.17, 15) is 5.11 Å². The highest BCUT2D eigenvalue weighted by Gasteiger charge is 2.22. The van der Waals surface area contributed by atoms with Gasteiger partial charge in [0.15, 0.2) is 0 Å². The molecule has 0 aromatic heterocycles. The molecular formula is C17H26N2O2. The standard InChI is InChI=1S/C17H26N2O2/c20-17-4-2-1-3-16(17)18-13-14-5-7-15(8-6-14)19-9-11-21-12-10-19/h5-8,16-18,20H,1-4,9-13H2. The van der Waals surface area contributed by atoms with Gasteiger partial charge in [-0.3, -0.25) is 0 Å². The number of rotatable bonds is 4. The van der Waals surface area contributed by atoms with Crippen LogP contribution in [0.2, 0.25) is 0 Å². The normalized spacial score (nSPS) is 26.8. The molecule has 0 spiro atoms. The van der Waals surface area contributed by atoms with Crippen LogP contribution >= 0.6 is 0 Å². The van der Waals surface area contributed by atoms with E-state index in [0.29, 0.717) is 0 Å². The van der Waals surface area contributed by atoms with Crippen molar-refractivity contribution in [1.29, 1.82) is 0 Å². The molecule has 2 unspecified atom stereocenters. The first-order valence-corrected chi connectivity index (χ1v) is 8.16. The molecule has 1 saturated heterocycles. The van der Waals surface area contributed by atoms with Crippen molar-refractivity contribution in [3.05, 3.63) is 29.8 Å². The molecule has 2 atom stereocenters. The Bertz CT molecular complexity index is 429. The fourth-order valence-corrected chi connectivity index (χ4v) is 3.24. The second-order valence-corrected chi connectivity index (χ2v) is 6.11. The maximum atomic E-state index is 9.98. The minimum atomic E-state index is -0.175. The number of hydrogen-bond acceptors (Lipinski definition) is 4. The van der Waals surface area contributed by atoms with Gasteiger partial charge >= 0.3 is 0 Å². The molecular weight excluding hydrogens is 264 g/mol. The fraction of sp³-hybridized carbons (Fsp3) is 0.647.